The van der Waals surface area contributed by atoms with Crippen LogP contribution in [-0.4, -0.2) is 12.5 Å². The van der Waals surface area contributed by atoms with Gasteiger partial charge in [-0.25, -0.2) is 0 Å². The smallest absolute Gasteiger partial charge is 0.211 e. The number of nitrogens with one attached hydrogen (secondary N) is 1. The predicted molar refractivity (Wildman–Crippen MR) is 60.7 cm³/mol. The molecule has 3 nitrogen and oxygen atoms in total. The Morgan fingerprint density at radius 1 is 1.57 bits per heavy atom. The van der Waals surface area contributed by atoms with Crippen LogP contribution in [-0.2, 0) is 11.2 Å². The van der Waals surface area contributed by atoms with Crippen LogP contribution in [0.1, 0.15) is 12.5 Å². The van der Waals surface area contributed by atoms with Gasteiger partial charge in [0, 0.05) is 11.7 Å². The highest BCUT2D eigenvalue weighted by molar-refractivity contribution is 5.85. The number of carbonyl (C=O) groups excluding carboxylic acids is 1. The lowest BCUT2D eigenvalue weighted by Gasteiger charge is -2.06. The first-order valence-corrected chi connectivity index (χ1v) is 4.27. The molecule has 1 atom stereocenters. The molecule has 0 saturated heterocycles. The van der Waals surface area contributed by atoms with Crippen LogP contribution in [0.15, 0.2) is 24.3 Å². The van der Waals surface area contributed by atoms with Crippen LogP contribution in [0.5, 0.6) is 0 Å². The van der Waals surface area contributed by atoms with Gasteiger partial charge < -0.3 is 11.1 Å². The lowest BCUT2D eigenvalue weighted by Crippen LogP contribution is -2.17. The molecular formula is C10H15ClN2O. The van der Waals surface area contributed by atoms with Gasteiger partial charge in [-0.1, -0.05) is 12.1 Å². The number of rotatable bonds is 4. The van der Waals surface area contributed by atoms with Crippen molar-refractivity contribution in [2.24, 2.45) is 5.73 Å². The minimum atomic E-state index is 0. The molecule has 1 aromatic rings. The second kappa shape index (κ2) is 6.40. The molecule has 0 aliphatic carbocycles. The summed E-state index contributed by atoms with van der Waals surface area (Å²) in [4.78, 5) is 10.2. The first-order valence-electron chi connectivity index (χ1n) is 4.27. The predicted octanol–water partition coefficient (Wildman–Crippen LogP) is 1.57. The van der Waals surface area contributed by atoms with E-state index in [2.05, 4.69) is 5.32 Å². The summed E-state index contributed by atoms with van der Waals surface area (Å²) in [6.07, 6.45) is 1.50. The second-order valence-electron chi connectivity index (χ2n) is 3.14. The Morgan fingerprint density at radius 2 is 2.29 bits per heavy atom. The summed E-state index contributed by atoms with van der Waals surface area (Å²) < 4.78 is 0. The fraction of sp³-hybridized carbons (Fsp3) is 0.300. The molecule has 0 fully saturated rings. The molecule has 3 N–H and O–H groups in total. The van der Waals surface area contributed by atoms with E-state index in [1.54, 1.807) is 0 Å². The maximum absolute atomic E-state index is 10.2. The fourth-order valence-corrected chi connectivity index (χ4v) is 1.23. The minimum Gasteiger partial charge on any atom is -0.329 e. The Bertz CT molecular complexity index is 289. The van der Waals surface area contributed by atoms with E-state index in [-0.39, 0.29) is 18.4 Å². The first kappa shape index (κ1) is 12.9. The van der Waals surface area contributed by atoms with Gasteiger partial charge in [0.1, 0.15) is 0 Å². The lowest BCUT2D eigenvalue weighted by molar-refractivity contribution is -0.105. The molecule has 78 valence electrons. The molecule has 1 aromatic carbocycles. The van der Waals surface area contributed by atoms with E-state index in [9.17, 15) is 4.79 Å². The Kier molecular flexibility index (Phi) is 5.92. The highest BCUT2D eigenvalue weighted by atomic mass is 35.5. The average molecular weight is 215 g/mol. The molecule has 1 amide bonds. The topological polar surface area (TPSA) is 55.1 Å². The Balaban J connectivity index is 0.00000169. The van der Waals surface area contributed by atoms with Crippen LogP contribution in [0.2, 0.25) is 0 Å². The third kappa shape index (κ3) is 4.25. The summed E-state index contributed by atoms with van der Waals surface area (Å²) in [7, 11) is 0. The largest absolute Gasteiger partial charge is 0.329 e. The molecule has 0 saturated carbocycles. The van der Waals surface area contributed by atoms with E-state index in [0.29, 0.717) is 6.41 Å². The molecular weight excluding hydrogens is 200 g/mol. The normalized spacial score (nSPS) is 11.3. The van der Waals surface area contributed by atoms with Crippen LogP contribution < -0.4 is 11.1 Å². The van der Waals surface area contributed by atoms with E-state index in [0.717, 1.165) is 17.7 Å². The maximum Gasteiger partial charge on any atom is 0.211 e. The first-order chi connectivity index (χ1) is 6.22. The van der Waals surface area contributed by atoms with Crippen LogP contribution >= 0.6 is 12.4 Å². The highest BCUT2D eigenvalue weighted by Crippen LogP contribution is 2.10. The number of hydrogen-bond donors (Lipinski definition) is 2. The van der Waals surface area contributed by atoms with E-state index >= 15 is 0 Å². The third-order valence-electron chi connectivity index (χ3n) is 1.71. The maximum atomic E-state index is 10.2. The molecule has 0 aliphatic rings. The van der Waals surface area contributed by atoms with E-state index in [1.807, 2.05) is 31.2 Å². The van der Waals surface area contributed by atoms with Crippen molar-refractivity contribution < 1.29 is 4.79 Å². The number of halogens is 1. The second-order valence-corrected chi connectivity index (χ2v) is 3.14. The van der Waals surface area contributed by atoms with Crippen molar-refractivity contribution >= 4 is 24.5 Å². The number of anilines is 1. The monoisotopic (exact) mass is 214 g/mol. The van der Waals surface area contributed by atoms with Crippen molar-refractivity contribution in [1.29, 1.82) is 0 Å². The molecule has 0 bridgehead atoms. The third-order valence-corrected chi connectivity index (χ3v) is 1.71. The fourth-order valence-electron chi connectivity index (χ4n) is 1.23. The summed E-state index contributed by atoms with van der Waals surface area (Å²) in [5.41, 5.74) is 7.61. The van der Waals surface area contributed by atoms with Gasteiger partial charge in [-0.3, -0.25) is 4.79 Å². The zero-order valence-corrected chi connectivity index (χ0v) is 8.88. The number of nitrogens with two attached hydrogens (primary N) is 1. The SMILES string of the molecule is CC(N)Cc1cccc(NC=O)c1.Cl. The molecule has 4 heteroatoms. The molecule has 0 spiro atoms. The summed E-state index contributed by atoms with van der Waals surface area (Å²) in [6.45, 7) is 1.96. The van der Waals surface area contributed by atoms with Gasteiger partial charge in [-0.05, 0) is 31.0 Å². The molecule has 0 aliphatic heterocycles. The van der Waals surface area contributed by atoms with E-state index in [4.69, 9.17) is 5.73 Å². The quantitative estimate of drug-likeness (QED) is 0.748. The molecule has 0 radical (unpaired) electrons. The lowest BCUT2D eigenvalue weighted by atomic mass is 10.1. The Labute approximate surface area is 90.1 Å². The van der Waals surface area contributed by atoms with Gasteiger partial charge in [-0.2, -0.15) is 0 Å². The van der Waals surface area contributed by atoms with E-state index < -0.39 is 0 Å². The summed E-state index contributed by atoms with van der Waals surface area (Å²) >= 11 is 0. The number of benzene rings is 1. The van der Waals surface area contributed by atoms with Crippen LogP contribution in [0.3, 0.4) is 0 Å². The molecule has 1 rings (SSSR count). The van der Waals surface area contributed by atoms with Gasteiger partial charge in [0.05, 0.1) is 0 Å². The standard InChI is InChI=1S/C10H14N2O.ClH/c1-8(11)5-9-3-2-4-10(6-9)12-7-13;/h2-4,6-8H,5,11H2,1H3,(H,12,13);1H. The molecule has 0 heterocycles. The Morgan fingerprint density at radius 3 is 2.86 bits per heavy atom. The van der Waals surface area contributed by atoms with Crippen LogP contribution in [0, 0.1) is 0 Å². The van der Waals surface area contributed by atoms with Gasteiger partial charge in [0.2, 0.25) is 6.41 Å². The van der Waals surface area contributed by atoms with Gasteiger partial charge >= 0.3 is 0 Å². The number of carbonyl (C=O) groups is 1. The van der Waals surface area contributed by atoms with Crippen molar-refractivity contribution in [2.75, 3.05) is 5.32 Å². The van der Waals surface area contributed by atoms with Crippen molar-refractivity contribution in [3.05, 3.63) is 29.8 Å². The van der Waals surface area contributed by atoms with Gasteiger partial charge in [0.15, 0.2) is 0 Å². The minimum absolute atomic E-state index is 0. The summed E-state index contributed by atoms with van der Waals surface area (Å²) in [5, 5.41) is 2.60. The zero-order valence-electron chi connectivity index (χ0n) is 8.07. The summed E-state index contributed by atoms with van der Waals surface area (Å²) in [6, 6.07) is 7.83. The molecule has 0 aromatic heterocycles. The van der Waals surface area contributed by atoms with Crippen molar-refractivity contribution in [1.82, 2.24) is 0 Å². The molecule has 14 heavy (non-hydrogen) atoms. The van der Waals surface area contributed by atoms with Gasteiger partial charge in [0.25, 0.3) is 0 Å². The zero-order chi connectivity index (χ0) is 9.68. The van der Waals surface area contributed by atoms with Gasteiger partial charge in [-0.15, -0.1) is 12.4 Å². The van der Waals surface area contributed by atoms with Crippen molar-refractivity contribution in [3.63, 3.8) is 0 Å². The van der Waals surface area contributed by atoms with Crippen LogP contribution in [0.25, 0.3) is 0 Å². The summed E-state index contributed by atoms with van der Waals surface area (Å²) in [5.74, 6) is 0. The average Bonchev–Trinajstić information content (AvgIpc) is 2.04. The van der Waals surface area contributed by atoms with Crippen molar-refractivity contribution in [2.45, 2.75) is 19.4 Å². The van der Waals surface area contributed by atoms with Crippen molar-refractivity contribution in [3.8, 4) is 0 Å². The van der Waals surface area contributed by atoms with Crippen LogP contribution in [0.4, 0.5) is 5.69 Å². The number of amides is 1. The number of hydrogen-bond acceptors (Lipinski definition) is 2. The molecule has 1 unspecified atom stereocenters. The van der Waals surface area contributed by atoms with E-state index in [1.165, 1.54) is 0 Å². The Hall–Kier alpha value is -1.06. The highest BCUT2D eigenvalue weighted by Gasteiger charge is 1.98.